The zero-order valence-corrected chi connectivity index (χ0v) is 17.4. The first-order valence-electron chi connectivity index (χ1n) is 10.2. The van der Waals surface area contributed by atoms with Crippen molar-refractivity contribution >= 4 is 33.6 Å². The Balaban J connectivity index is 1.35. The monoisotopic (exact) mass is 417 g/mol. The third-order valence-corrected chi connectivity index (χ3v) is 5.37. The van der Waals surface area contributed by atoms with Crippen molar-refractivity contribution in [3.05, 3.63) is 76.5 Å². The summed E-state index contributed by atoms with van der Waals surface area (Å²) >= 11 is 0. The van der Waals surface area contributed by atoms with Crippen LogP contribution in [0.4, 0.5) is 0 Å². The second-order valence-corrected chi connectivity index (χ2v) is 7.56. The number of aryl methyl sites for hydroxylation is 2. The van der Waals surface area contributed by atoms with Gasteiger partial charge >= 0.3 is 5.97 Å². The number of aromatic nitrogens is 3. The average Bonchev–Trinajstić information content (AvgIpc) is 3.19. The van der Waals surface area contributed by atoms with Crippen LogP contribution in [0.25, 0.3) is 21.8 Å². The Morgan fingerprint density at radius 1 is 1.13 bits per heavy atom. The van der Waals surface area contributed by atoms with E-state index in [2.05, 4.69) is 9.97 Å². The van der Waals surface area contributed by atoms with Gasteiger partial charge in [0, 0.05) is 35.6 Å². The quantitative estimate of drug-likeness (QED) is 0.365. The van der Waals surface area contributed by atoms with Crippen molar-refractivity contribution in [1.82, 2.24) is 14.5 Å². The van der Waals surface area contributed by atoms with Gasteiger partial charge in [0.25, 0.3) is 5.56 Å². The van der Waals surface area contributed by atoms with E-state index in [4.69, 9.17) is 4.74 Å². The number of nitrogens with zero attached hydrogens (tertiary/aromatic N) is 2. The van der Waals surface area contributed by atoms with Gasteiger partial charge in [0.1, 0.15) is 0 Å². The molecule has 4 aromatic rings. The Kier molecular flexibility index (Phi) is 5.66. The summed E-state index contributed by atoms with van der Waals surface area (Å²) in [4.78, 5) is 45.0. The van der Waals surface area contributed by atoms with Crippen LogP contribution in [0.1, 0.15) is 35.7 Å². The highest BCUT2D eigenvalue weighted by Crippen LogP contribution is 2.20. The standard InChI is InChI=1S/C24H23N3O4/c1-15-7-5-9-18-22(15)26-14-27(24(18)30)12-6-11-21(28)31-16(2)23(29)19-13-25-20-10-4-3-8-17(19)20/h3-5,7-10,13-14,16,25H,6,11-12H2,1-2H3/t16-/m1/s1. The highest BCUT2D eigenvalue weighted by atomic mass is 16.5. The molecule has 2 aromatic heterocycles. The lowest BCUT2D eigenvalue weighted by molar-refractivity contribution is -0.146. The minimum Gasteiger partial charge on any atom is -0.454 e. The van der Waals surface area contributed by atoms with Crippen molar-refractivity contribution < 1.29 is 14.3 Å². The van der Waals surface area contributed by atoms with Gasteiger partial charge in [-0.1, -0.05) is 30.3 Å². The maximum atomic E-state index is 12.7. The number of para-hydroxylation sites is 2. The zero-order valence-electron chi connectivity index (χ0n) is 17.4. The molecule has 158 valence electrons. The Morgan fingerprint density at radius 2 is 1.90 bits per heavy atom. The zero-order chi connectivity index (χ0) is 22.0. The lowest BCUT2D eigenvalue weighted by atomic mass is 10.1. The number of fused-ring (bicyclic) bond motifs is 2. The van der Waals surface area contributed by atoms with Gasteiger partial charge in [-0.25, -0.2) is 4.98 Å². The number of hydrogen-bond acceptors (Lipinski definition) is 5. The first kappa shape index (κ1) is 20.5. The van der Waals surface area contributed by atoms with E-state index < -0.39 is 12.1 Å². The van der Waals surface area contributed by atoms with E-state index in [-0.39, 0.29) is 17.8 Å². The molecule has 1 atom stereocenters. The van der Waals surface area contributed by atoms with Crippen molar-refractivity contribution in [1.29, 1.82) is 0 Å². The number of hydrogen-bond donors (Lipinski definition) is 1. The SMILES string of the molecule is Cc1cccc2c(=O)n(CCCC(=O)O[C@H](C)C(=O)c3c[nH]c4ccccc34)cnc12. The molecule has 0 amide bonds. The molecular formula is C24H23N3O4. The summed E-state index contributed by atoms with van der Waals surface area (Å²) in [5, 5.41) is 1.36. The van der Waals surface area contributed by atoms with E-state index in [1.165, 1.54) is 10.9 Å². The molecule has 0 radical (unpaired) electrons. The van der Waals surface area contributed by atoms with Crippen molar-refractivity contribution in [2.45, 2.75) is 39.3 Å². The summed E-state index contributed by atoms with van der Waals surface area (Å²) in [5.74, 6) is -0.727. The van der Waals surface area contributed by atoms with Crippen molar-refractivity contribution in [3.8, 4) is 0 Å². The summed E-state index contributed by atoms with van der Waals surface area (Å²) in [6.07, 6.45) is 2.76. The van der Waals surface area contributed by atoms with Crippen LogP contribution in [0.5, 0.6) is 0 Å². The van der Waals surface area contributed by atoms with E-state index in [1.807, 2.05) is 43.3 Å². The Morgan fingerprint density at radius 3 is 2.74 bits per heavy atom. The number of Topliss-reactive ketones (excluding diaryl/α,β-unsaturated/α-hetero) is 1. The fraction of sp³-hybridized carbons (Fsp3) is 0.250. The van der Waals surface area contributed by atoms with Crippen molar-refractivity contribution in [3.63, 3.8) is 0 Å². The maximum Gasteiger partial charge on any atom is 0.306 e. The molecule has 0 aliphatic heterocycles. The van der Waals surface area contributed by atoms with Gasteiger partial charge in [-0.2, -0.15) is 0 Å². The van der Waals surface area contributed by atoms with Gasteiger partial charge in [0.2, 0.25) is 5.78 Å². The average molecular weight is 417 g/mol. The number of H-pyrrole nitrogens is 1. The summed E-state index contributed by atoms with van der Waals surface area (Å²) in [7, 11) is 0. The van der Waals surface area contributed by atoms with Crippen LogP contribution in [0.2, 0.25) is 0 Å². The van der Waals surface area contributed by atoms with Gasteiger partial charge in [0.15, 0.2) is 6.10 Å². The molecule has 7 heteroatoms. The van der Waals surface area contributed by atoms with Crippen molar-refractivity contribution in [2.24, 2.45) is 0 Å². The minimum absolute atomic E-state index is 0.101. The first-order valence-corrected chi connectivity index (χ1v) is 10.2. The Bertz CT molecular complexity index is 1340. The predicted molar refractivity (Wildman–Crippen MR) is 118 cm³/mol. The fourth-order valence-electron chi connectivity index (χ4n) is 3.69. The number of aromatic amines is 1. The minimum atomic E-state index is -0.889. The second kappa shape index (κ2) is 8.55. The van der Waals surface area contributed by atoms with Crippen molar-refractivity contribution in [2.75, 3.05) is 0 Å². The molecule has 0 saturated carbocycles. The molecule has 0 aliphatic carbocycles. The van der Waals surface area contributed by atoms with Gasteiger partial charge < -0.3 is 9.72 Å². The molecule has 1 N–H and O–H groups in total. The first-order chi connectivity index (χ1) is 15.0. The largest absolute Gasteiger partial charge is 0.454 e. The molecular weight excluding hydrogens is 394 g/mol. The van der Waals surface area contributed by atoms with Gasteiger partial charge in [-0.15, -0.1) is 0 Å². The van der Waals surface area contributed by atoms with Crippen LogP contribution in [-0.4, -0.2) is 32.4 Å². The number of carbonyl (C=O) groups excluding carboxylic acids is 2. The van der Waals surface area contributed by atoms with Gasteiger partial charge in [-0.05, 0) is 38.0 Å². The molecule has 0 fully saturated rings. The van der Waals surface area contributed by atoms with E-state index in [0.29, 0.717) is 29.4 Å². The Hall–Kier alpha value is -3.74. The molecule has 7 nitrogen and oxygen atoms in total. The van der Waals surface area contributed by atoms with E-state index >= 15 is 0 Å². The number of ketones is 1. The number of benzene rings is 2. The molecule has 0 aliphatic rings. The second-order valence-electron chi connectivity index (χ2n) is 7.56. The summed E-state index contributed by atoms with van der Waals surface area (Å²) in [5.41, 5.74) is 2.85. The molecule has 2 aromatic carbocycles. The number of esters is 1. The van der Waals surface area contributed by atoms with Gasteiger partial charge in [-0.3, -0.25) is 19.0 Å². The molecule has 0 saturated heterocycles. The van der Waals surface area contributed by atoms with E-state index in [1.54, 1.807) is 19.2 Å². The highest BCUT2D eigenvalue weighted by molar-refractivity contribution is 6.10. The summed E-state index contributed by atoms with van der Waals surface area (Å²) < 4.78 is 6.83. The third-order valence-electron chi connectivity index (χ3n) is 5.37. The lowest BCUT2D eigenvalue weighted by Gasteiger charge is -2.12. The van der Waals surface area contributed by atoms with E-state index in [9.17, 15) is 14.4 Å². The third kappa shape index (κ3) is 4.12. The Labute approximate surface area is 178 Å². The van der Waals surface area contributed by atoms with Crippen LogP contribution in [0, 0.1) is 6.92 Å². The normalized spacial score (nSPS) is 12.2. The summed E-state index contributed by atoms with van der Waals surface area (Å²) in [6.45, 7) is 3.82. The number of ether oxygens (including phenoxy) is 1. The lowest BCUT2D eigenvalue weighted by Crippen LogP contribution is -2.25. The number of rotatable bonds is 7. The molecule has 31 heavy (non-hydrogen) atoms. The highest BCUT2D eigenvalue weighted by Gasteiger charge is 2.22. The van der Waals surface area contributed by atoms with Gasteiger partial charge in [0.05, 0.1) is 17.2 Å². The molecule has 0 spiro atoms. The summed E-state index contributed by atoms with van der Waals surface area (Å²) in [6, 6.07) is 13.0. The fourth-order valence-corrected chi connectivity index (χ4v) is 3.69. The van der Waals surface area contributed by atoms with Crippen LogP contribution < -0.4 is 5.56 Å². The van der Waals surface area contributed by atoms with Crippen LogP contribution in [0.3, 0.4) is 0 Å². The topological polar surface area (TPSA) is 94.0 Å². The van der Waals surface area contributed by atoms with Crippen LogP contribution in [0.15, 0.2) is 59.8 Å². The number of nitrogens with one attached hydrogen (secondary N) is 1. The van der Waals surface area contributed by atoms with E-state index in [0.717, 1.165) is 16.5 Å². The molecule has 0 bridgehead atoms. The molecule has 4 rings (SSSR count). The van der Waals surface area contributed by atoms with Crippen LogP contribution >= 0.6 is 0 Å². The molecule has 2 heterocycles. The predicted octanol–water partition coefficient (Wildman–Crippen LogP) is 3.78. The number of carbonyl (C=O) groups is 2. The molecule has 0 unspecified atom stereocenters. The van der Waals surface area contributed by atoms with Crippen LogP contribution in [-0.2, 0) is 16.1 Å². The smallest absolute Gasteiger partial charge is 0.306 e. The maximum absolute atomic E-state index is 12.7.